The van der Waals surface area contributed by atoms with Crippen LogP contribution in [0.4, 0.5) is 0 Å². The minimum atomic E-state index is -3.22. The van der Waals surface area contributed by atoms with Crippen LogP contribution in [0, 0.1) is 5.41 Å². The van der Waals surface area contributed by atoms with E-state index in [9.17, 15) is 8.42 Å². The number of sulfonamides is 1. The van der Waals surface area contributed by atoms with Gasteiger partial charge in [-0.1, -0.05) is 6.92 Å². The number of methoxy groups -OCH3 is 1. The zero-order valence-electron chi connectivity index (χ0n) is 14.6. The lowest BCUT2D eigenvalue weighted by molar-refractivity contribution is 0.152. The predicted octanol–water partition coefficient (Wildman–Crippen LogP) is 0.780. The smallest absolute Gasteiger partial charge is 0.218 e. The van der Waals surface area contributed by atoms with Gasteiger partial charge in [-0.05, 0) is 37.8 Å². The van der Waals surface area contributed by atoms with E-state index in [1.165, 1.54) is 10.7 Å². The molecule has 0 bridgehead atoms. The van der Waals surface area contributed by atoms with E-state index in [-0.39, 0.29) is 23.1 Å². The molecule has 23 heavy (non-hydrogen) atoms. The Bertz CT molecular complexity index is 455. The number of rotatable bonds is 7. The zero-order chi connectivity index (χ0) is 16.2. The maximum atomic E-state index is 12.7. The quantitative estimate of drug-likeness (QED) is 0.718. The van der Waals surface area contributed by atoms with E-state index in [0.717, 1.165) is 39.0 Å². The first kappa shape index (κ1) is 21.1. The number of hydrogen-bond acceptors (Lipinski definition) is 5. The highest BCUT2D eigenvalue weighted by Crippen LogP contribution is 2.28. The molecule has 0 saturated carbocycles. The van der Waals surface area contributed by atoms with E-state index in [1.807, 2.05) is 0 Å². The fourth-order valence-corrected chi connectivity index (χ4v) is 5.25. The van der Waals surface area contributed by atoms with Crippen LogP contribution in [0.5, 0.6) is 0 Å². The van der Waals surface area contributed by atoms with Crippen molar-refractivity contribution in [3.63, 3.8) is 0 Å². The van der Waals surface area contributed by atoms with Crippen molar-refractivity contribution in [2.75, 3.05) is 60.0 Å². The van der Waals surface area contributed by atoms with Crippen molar-refractivity contribution in [3.8, 4) is 0 Å². The molecule has 6 nitrogen and oxygen atoms in total. The van der Waals surface area contributed by atoms with Crippen LogP contribution in [0.2, 0.25) is 0 Å². The number of piperidine rings is 1. The minimum absolute atomic E-state index is 0. The summed E-state index contributed by atoms with van der Waals surface area (Å²) in [5.74, 6) is 0. The van der Waals surface area contributed by atoms with Gasteiger partial charge in [0, 0.05) is 40.3 Å². The summed E-state index contributed by atoms with van der Waals surface area (Å²) in [5.41, 5.74) is 0.285. The largest absolute Gasteiger partial charge is 0.383 e. The molecule has 1 N–H and O–H groups in total. The number of halogens is 1. The monoisotopic (exact) mass is 369 g/mol. The molecule has 138 valence electrons. The molecule has 0 aromatic heterocycles. The first-order valence-corrected chi connectivity index (χ1v) is 9.75. The SMILES string of the molecule is COCCN(C)S(=O)(=O)C1CCCN(CC2(C)CCNC2)C1.Cl. The molecule has 2 heterocycles. The first-order chi connectivity index (χ1) is 10.4. The highest BCUT2D eigenvalue weighted by Gasteiger charge is 2.37. The summed E-state index contributed by atoms with van der Waals surface area (Å²) in [6, 6.07) is 0. The Morgan fingerprint density at radius 3 is 2.78 bits per heavy atom. The topological polar surface area (TPSA) is 61.9 Å². The second-order valence-electron chi connectivity index (χ2n) is 7.10. The average Bonchev–Trinajstić information content (AvgIpc) is 2.91. The standard InChI is InChI=1S/C15H31N3O3S.ClH/c1-15(6-7-16-12-15)13-18-8-4-5-14(11-18)22(19,20)17(2)9-10-21-3;/h14,16H,4-13H2,1-3H3;1H. The second kappa shape index (κ2) is 8.97. The van der Waals surface area contributed by atoms with E-state index in [4.69, 9.17) is 4.74 Å². The van der Waals surface area contributed by atoms with Gasteiger partial charge in [0.1, 0.15) is 0 Å². The summed E-state index contributed by atoms with van der Waals surface area (Å²) < 4.78 is 31.8. The van der Waals surface area contributed by atoms with Gasteiger partial charge in [0.05, 0.1) is 11.9 Å². The molecular weight excluding hydrogens is 338 g/mol. The van der Waals surface area contributed by atoms with Gasteiger partial charge in [0.15, 0.2) is 0 Å². The highest BCUT2D eigenvalue weighted by atomic mass is 35.5. The molecule has 2 aliphatic heterocycles. The third kappa shape index (κ3) is 5.54. The number of likely N-dealkylation sites (N-methyl/N-ethyl adjacent to an activating group) is 1. The van der Waals surface area contributed by atoms with Crippen LogP contribution in [-0.4, -0.2) is 82.9 Å². The number of nitrogens with one attached hydrogen (secondary N) is 1. The van der Waals surface area contributed by atoms with Gasteiger partial charge in [-0.2, -0.15) is 0 Å². The van der Waals surface area contributed by atoms with E-state index in [0.29, 0.717) is 19.7 Å². The van der Waals surface area contributed by atoms with Crippen molar-refractivity contribution in [1.82, 2.24) is 14.5 Å². The van der Waals surface area contributed by atoms with Crippen LogP contribution in [0.15, 0.2) is 0 Å². The van der Waals surface area contributed by atoms with Crippen LogP contribution in [0.1, 0.15) is 26.2 Å². The van der Waals surface area contributed by atoms with Crippen molar-refractivity contribution in [3.05, 3.63) is 0 Å². The first-order valence-electron chi connectivity index (χ1n) is 8.24. The highest BCUT2D eigenvalue weighted by molar-refractivity contribution is 7.89. The fraction of sp³-hybridized carbons (Fsp3) is 1.00. The summed E-state index contributed by atoms with van der Waals surface area (Å²) in [7, 11) is 0.0340. The number of nitrogens with zero attached hydrogens (tertiary/aromatic N) is 2. The Morgan fingerprint density at radius 2 is 2.17 bits per heavy atom. The number of hydrogen-bond donors (Lipinski definition) is 1. The zero-order valence-corrected chi connectivity index (χ0v) is 16.2. The Balaban J connectivity index is 0.00000264. The average molecular weight is 370 g/mol. The molecule has 0 aromatic rings. The molecule has 2 fully saturated rings. The van der Waals surface area contributed by atoms with Crippen molar-refractivity contribution in [2.45, 2.75) is 31.4 Å². The maximum absolute atomic E-state index is 12.7. The molecule has 2 rings (SSSR count). The Labute approximate surface area is 147 Å². The second-order valence-corrected chi connectivity index (χ2v) is 9.42. The maximum Gasteiger partial charge on any atom is 0.218 e. The van der Waals surface area contributed by atoms with Crippen LogP contribution < -0.4 is 5.32 Å². The lowest BCUT2D eigenvalue weighted by Gasteiger charge is -2.38. The van der Waals surface area contributed by atoms with Gasteiger partial charge in [-0.25, -0.2) is 12.7 Å². The van der Waals surface area contributed by atoms with Gasteiger partial charge < -0.3 is 15.0 Å². The van der Waals surface area contributed by atoms with Gasteiger partial charge >= 0.3 is 0 Å². The summed E-state index contributed by atoms with van der Waals surface area (Å²) in [6.45, 7) is 7.95. The van der Waals surface area contributed by atoms with Crippen LogP contribution in [0.25, 0.3) is 0 Å². The minimum Gasteiger partial charge on any atom is -0.383 e. The lowest BCUT2D eigenvalue weighted by Crippen LogP contribution is -2.50. The Kier molecular flexibility index (Phi) is 8.23. The molecular formula is C15H32ClN3O3S. The Morgan fingerprint density at radius 1 is 1.43 bits per heavy atom. The molecule has 0 aromatic carbocycles. The number of likely N-dealkylation sites (tertiary alicyclic amines) is 1. The van der Waals surface area contributed by atoms with E-state index >= 15 is 0 Å². The van der Waals surface area contributed by atoms with Crippen molar-refractivity contribution in [1.29, 1.82) is 0 Å². The van der Waals surface area contributed by atoms with Crippen molar-refractivity contribution >= 4 is 22.4 Å². The summed E-state index contributed by atoms with van der Waals surface area (Å²) >= 11 is 0. The summed E-state index contributed by atoms with van der Waals surface area (Å²) in [6.07, 6.45) is 2.91. The lowest BCUT2D eigenvalue weighted by atomic mass is 9.88. The molecule has 2 unspecified atom stereocenters. The van der Waals surface area contributed by atoms with Crippen molar-refractivity contribution < 1.29 is 13.2 Å². The van der Waals surface area contributed by atoms with Crippen LogP contribution in [-0.2, 0) is 14.8 Å². The third-order valence-electron chi connectivity index (χ3n) is 4.99. The Hall–Kier alpha value is 0.0800. The van der Waals surface area contributed by atoms with Gasteiger partial charge in [0.2, 0.25) is 10.0 Å². The van der Waals surface area contributed by atoms with Gasteiger partial charge in [-0.15, -0.1) is 12.4 Å². The molecule has 8 heteroatoms. The third-order valence-corrected chi connectivity index (χ3v) is 7.27. The normalized spacial score (nSPS) is 29.7. The predicted molar refractivity (Wildman–Crippen MR) is 95.7 cm³/mol. The van der Waals surface area contributed by atoms with Crippen LogP contribution in [0.3, 0.4) is 0 Å². The molecule has 2 atom stereocenters. The van der Waals surface area contributed by atoms with E-state index in [2.05, 4.69) is 17.1 Å². The van der Waals surface area contributed by atoms with E-state index in [1.54, 1.807) is 14.2 Å². The summed E-state index contributed by atoms with van der Waals surface area (Å²) in [5, 5.41) is 3.14. The fourth-order valence-electron chi connectivity index (χ4n) is 3.54. The molecule has 0 amide bonds. The van der Waals surface area contributed by atoms with Gasteiger partial charge in [0.25, 0.3) is 0 Å². The van der Waals surface area contributed by atoms with Gasteiger partial charge in [-0.3, -0.25) is 0 Å². The summed E-state index contributed by atoms with van der Waals surface area (Å²) in [4.78, 5) is 2.35. The molecule has 0 radical (unpaired) electrons. The molecule has 2 saturated heterocycles. The van der Waals surface area contributed by atoms with E-state index < -0.39 is 10.0 Å². The molecule has 0 spiro atoms. The number of ether oxygens (including phenoxy) is 1. The van der Waals surface area contributed by atoms with Crippen LogP contribution >= 0.6 is 12.4 Å². The molecule has 0 aliphatic carbocycles. The molecule has 2 aliphatic rings. The van der Waals surface area contributed by atoms with Crippen molar-refractivity contribution in [2.24, 2.45) is 5.41 Å².